The third kappa shape index (κ3) is 3.48. The van der Waals surface area contributed by atoms with Gasteiger partial charge >= 0.3 is 0 Å². The van der Waals surface area contributed by atoms with Crippen molar-refractivity contribution < 1.29 is 9.59 Å². The van der Waals surface area contributed by atoms with Crippen LogP contribution in [0.5, 0.6) is 0 Å². The Bertz CT molecular complexity index is 851. The van der Waals surface area contributed by atoms with Crippen molar-refractivity contribution in [3.63, 3.8) is 0 Å². The molecule has 0 aliphatic carbocycles. The molecule has 1 saturated heterocycles. The molecule has 1 aromatic carbocycles. The van der Waals surface area contributed by atoms with Gasteiger partial charge in [0.05, 0.1) is 6.20 Å². The molecule has 3 heterocycles. The molecule has 27 heavy (non-hydrogen) atoms. The number of aryl methyl sites for hydroxylation is 1. The predicted octanol–water partition coefficient (Wildman–Crippen LogP) is 2.15. The van der Waals surface area contributed by atoms with Gasteiger partial charge in [-0.2, -0.15) is 5.10 Å². The first kappa shape index (κ1) is 17.8. The van der Waals surface area contributed by atoms with Gasteiger partial charge in [-0.1, -0.05) is 24.3 Å². The zero-order valence-corrected chi connectivity index (χ0v) is 16.0. The van der Waals surface area contributed by atoms with Gasteiger partial charge in [-0.15, -0.1) is 0 Å². The lowest BCUT2D eigenvalue weighted by molar-refractivity contribution is -0.141. The van der Waals surface area contributed by atoms with Crippen molar-refractivity contribution in [2.75, 3.05) is 19.6 Å². The minimum Gasteiger partial charge on any atom is -0.343 e. The van der Waals surface area contributed by atoms with Gasteiger partial charge in [-0.05, 0) is 29.5 Å². The van der Waals surface area contributed by atoms with Crippen LogP contribution in [0.3, 0.4) is 0 Å². The zero-order valence-electron chi connectivity index (χ0n) is 16.0. The van der Waals surface area contributed by atoms with Crippen molar-refractivity contribution in [2.24, 2.45) is 13.0 Å². The van der Waals surface area contributed by atoms with Crippen LogP contribution in [0, 0.1) is 5.92 Å². The number of amides is 2. The Labute approximate surface area is 159 Å². The molecule has 2 aliphatic heterocycles. The fourth-order valence-corrected chi connectivity index (χ4v) is 4.38. The lowest BCUT2D eigenvalue weighted by atomic mass is 9.85. The highest BCUT2D eigenvalue weighted by molar-refractivity contribution is 5.80. The normalized spacial score (nSPS) is 20.4. The fourth-order valence-electron chi connectivity index (χ4n) is 4.38. The number of piperidine rings is 1. The lowest BCUT2D eigenvalue weighted by Gasteiger charge is -2.38. The molecule has 0 spiro atoms. The van der Waals surface area contributed by atoms with Gasteiger partial charge in [-0.3, -0.25) is 14.3 Å². The van der Waals surface area contributed by atoms with Crippen molar-refractivity contribution >= 4 is 11.8 Å². The van der Waals surface area contributed by atoms with Crippen LogP contribution >= 0.6 is 0 Å². The number of aromatic nitrogens is 2. The van der Waals surface area contributed by atoms with Gasteiger partial charge in [0.1, 0.15) is 0 Å². The number of nitrogens with zero attached hydrogens (tertiary/aromatic N) is 4. The molecule has 0 N–H and O–H groups in total. The summed E-state index contributed by atoms with van der Waals surface area (Å²) in [5.74, 6) is 0.497. The second-order valence-electron chi connectivity index (χ2n) is 7.70. The van der Waals surface area contributed by atoms with Crippen LogP contribution < -0.4 is 0 Å². The summed E-state index contributed by atoms with van der Waals surface area (Å²) >= 11 is 0. The van der Waals surface area contributed by atoms with E-state index in [4.69, 9.17) is 0 Å². The van der Waals surface area contributed by atoms with Gasteiger partial charge in [0.25, 0.3) is 0 Å². The van der Waals surface area contributed by atoms with E-state index < -0.39 is 0 Å². The first-order valence-electron chi connectivity index (χ1n) is 9.63. The topological polar surface area (TPSA) is 58.4 Å². The number of hydrogen-bond donors (Lipinski definition) is 0. The summed E-state index contributed by atoms with van der Waals surface area (Å²) in [7, 11) is 1.92. The summed E-state index contributed by atoms with van der Waals surface area (Å²) in [6.45, 7) is 4.32. The van der Waals surface area contributed by atoms with Gasteiger partial charge in [0, 0.05) is 58.2 Å². The van der Waals surface area contributed by atoms with Crippen molar-refractivity contribution in [3.05, 3.63) is 53.3 Å². The zero-order chi connectivity index (χ0) is 19.0. The van der Waals surface area contributed by atoms with Crippen LogP contribution in [0.4, 0.5) is 0 Å². The Kier molecular flexibility index (Phi) is 4.72. The highest BCUT2D eigenvalue weighted by Crippen LogP contribution is 2.34. The van der Waals surface area contributed by atoms with Crippen LogP contribution in [-0.2, 0) is 23.2 Å². The molecule has 2 aliphatic rings. The van der Waals surface area contributed by atoms with Gasteiger partial charge in [0.2, 0.25) is 11.8 Å². The highest BCUT2D eigenvalue weighted by Gasteiger charge is 2.34. The largest absolute Gasteiger partial charge is 0.343 e. The van der Waals surface area contributed by atoms with Crippen molar-refractivity contribution in [1.29, 1.82) is 0 Å². The van der Waals surface area contributed by atoms with E-state index in [2.05, 4.69) is 23.3 Å². The molecule has 0 saturated carbocycles. The van der Waals surface area contributed by atoms with E-state index in [0.29, 0.717) is 26.2 Å². The average molecular weight is 366 g/mol. The molecule has 0 bridgehead atoms. The molecule has 4 rings (SSSR count). The molecular formula is C21H26N4O2. The summed E-state index contributed by atoms with van der Waals surface area (Å²) in [6.07, 6.45) is 5.46. The summed E-state index contributed by atoms with van der Waals surface area (Å²) in [4.78, 5) is 28.6. The number of hydrogen-bond acceptors (Lipinski definition) is 3. The molecule has 2 amide bonds. The van der Waals surface area contributed by atoms with Crippen LogP contribution in [0.2, 0.25) is 0 Å². The Morgan fingerprint density at radius 1 is 1.11 bits per heavy atom. The van der Waals surface area contributed by atoms with Crippen molar-refractivity contribution in [3.8, 4) is 0 Å². The maximum absolute atomic E-state index is 13.2. The van der Waals surface area contributed by atoms with Crippen LogP contribution in [0.15, 0.2) is 36.7 Å². The van der Waals surface area contributed by atoms with Crippen LogP contribution in [0.25, 0.3) is 0 Å². The van der Waals surface area contributed by atoms with Crippen molar-refractivity contribution in [2.45, 2.75) is 32.2 Å². The number of fused-ring (bicyclic) bond motifs is 1. The first-order valence-corrected chi connectivity index (χ1v) is 9.63. The molecular weight excluding hydrogens is 340 g/mol. The quantitative estimate of drug-likeness (QED) is 0.818. The fraction of sp³-hybridized carbons (Fsp3) is 0.476. The van der Waals surface area contributed by atoms with E-state index in [1.165, 1.54) is 11.1 Å². The van der Waals surface area contributed by atoms with Crippen LogP contribution in [-0.4, -0.2) is 51.0 Å². The first-order chi connectivity index (χ1) is 13.0. The van der Waals surface area contributed by atoms with E-state index in [0.717, 1.165) is 18.4 Å². The van der Waals surface area contributed by atoms with E-state index in [9.17, 15) is 9.59 Å². The molecule has 1 aromatic heterocycles. The summed E-state index contributed by atoms with van der Waals surface area (Å²) in [5, 5.41) is 4.33. The molecule has 1 fully saturated rings. The third-order valence-corrected chi connectivity index (χ3v) is 5.92. The summed E-state index contributed by atoms with van der Waals surface area (Å²) < 4.78 is 1.82. The number of benzene rings is 1. The van der Waals surface area contributed by atoms with Gasteiger partial charge in [-0.25, -0.2) is 0 Å². The summed E-state index contributed by atoms with van der Waals surface area (Å²) in [6, 6.07) is 8.40. The monoisotopic (exact) mass is 366 g/mol. The third-order valence-electron chi connectivity index (χ3n) is 5.92. The maximum Gasteiger partial charge on any atom is 0.226 e. The standard InChI is InChI=1S/C21H26N4O2/c1-15(26)24-9-7-16(8-10-24)21(27)25-13-17-5-3-4-6-19(17)20(14-25)18-11-22-23(2)12-18/h3-6,11-12,16,20H,7-10,13-14H2,1-2H3. The maximum atomic E-state index is 13.2. The van der Waals surface area contributed by atoms with Crippen LogP contribution in [0.1, 0.15) is 42.4 Å². The second-order valence-corrected chi connectivity index (χ2v) is 7.70. The van der Waals surface area contributed by atoms with Gasteiger partial charge < -0.3 is 9.80 Å². The minimum absolute atomic E-state index is 0.0143. The highest BCUT2D eigenvalue weighted by atomic mass is 16.2. The Morgan fingerprint density at radius 2 is 1.85 bits per heavy atom. The molecule has 142 valence electrons. The Balaban J connectivity index is 1.54. The van der Waals surface area contributed by atoms with E-state index >= 15 is 0 Å². The van der Waals surface area contributed by atoms with E-state index in [1.807, 2.05) is 40.0 Å². The SMILES string of the molecule is CC(=O)N1CCC(C(=O)N2Cc3ccccc3C(c3cnn(C)c3)C2)CC1. The second kappa shape index (κ2) is 7.18. The molecule has 0 radical (unpaired) electrons. The summed E-state index contributed by atoms with van der Waals surface area (Å²) in [5.41, 5.74) is 3.65. The number of carbonyl (C=O) groups excluding carboxylic acids is 2. The molecule has 2 aromatic rings. The number of rotatable bonds is 2. The number of likely N-dealkylation sites (tertiary alicyclic amines) is 1. The molecule has 6 nitrogen and oxygen atoms in total. The van der Waals surface area contributed by atoms with Crippen molar-refractivity contribution in [1.82, 2.24) is 19.6 Å². The Hall–Kier alpha value is -2.63. The lowest BCUT2D eigenvalue weighted by Crippen LogP contribution is -2.46. The average Bonchev–Trinajstić information content (AvgIpc) is 3.12. The van der Waals surface area contributed by atoms with E-state index in [1.54, 1.807) is 6.92 Å². The van der Waals surface area contributed by atoms with E-state index in [-0.39, 0.29) is 23.7 Å². The molecule has 1 unspecified atom stereocenters. The number of carbonyl (C=O) groups is 2. The Morgan fingerprint density at radius 3 is 2.52 bits per heavy atom. The molecule has 6 heteroatoms. The van der Waals surface area contributed by atoms with Gasteiger partial charge in [0.15, 0.2) is 0 Å². The molecule has 1 atom stereocenters. The predicted molar refractivity (Wildman–Crippen MR) is 102 cm³/mol. The minimum atomic E-state index is 0.0143. The smallest absolute Gasteiger partial charge is 0.226 e.